The van der Waals surface area contributed by atoms with E-state index in [2.05, 4.69) is 10.2 Å². The Kier molecular flexibility index (Phi) is 2.21. The number of hydrogen-bond acceptors (Lipinski definition) is 3. The lowest BCUT2D eigenvalue weighted by Gasteiger charge is -2.00. The van der Waals surface area contributed by atoms with E-state index in [9.17, 15) is 9.90 Å². The van der Waals surface area contributed by atoms with Crippen molar-refractivity contribution < 1.29 is 9.84 Å². The van der Waals surface area contributed by atoms with Crippen LogP contribution in [0.1, 0.15) is 0 Å². The highest BCUT2D eigenvalue weighted by molar-refractivity contribution is 5.67. The minimum Gasteiger partial charge on any atom is -0.497 e. The van der Waals surface area contributed by atoms with Crippen molar-refractivity contribution in [2.24, 2.45) is 0 Å². The third-order valence-corrected chi connectivity index (χ3v) is 2.14. The maximum atomic E-state index is 11.3. The van der Waals surface area contributed by atoms with E-state index in [4.69, 9.17) is 4.74 Å². The zero-order valence-corrected chi connectivity index (χ0v) is 8.07. The monoisotopic (exact) mass is 206 g/mol. The van der Waals surface area contributed by atoms with Crippen molar-refractivity contribution in [3.05, 3.63) is 34.6 Å². The van der Waals surface area contributed by atoms with Gasteiger partial charge in [-0.1, -0.05) is 12.1 Å². The molecule has 0 aliphatic heterocycles. The first-order valence-electron chi connectivity index (χ1n) is 4.36. The quantitative estimate of drug-likeness (QED) is 0.688. The lowest BCUT2D eigenvalue weighted by molar-refractivity contribution is 0.415. The Bertz CT molecular complexity index is 510. The Hall–Kier alpha value is -2.17. The fraction of sp³-hybridized carbons (Fsp3) is 0.100. The van der Waals surface area contributed by atoms with Gasteiger partial charge in [0.15, 0.2) is 0 Å². The number of aromatic nitrogens is 2. The Morgan fingerprint density at radius 1 is 1.20 bits per heavy atom. The van der Waals surface area contributed by atoms with Crippen LogP contribution in [0.25, 0.3) is 11.1 Å². The molecule has 2 aromatic rings. The Balaban J connectivity index is 2.50. The van der Waals surface area contributed by atoms with Gasteiger partial charge in [-0.2, -0.15) is 0 Å². The van der Waals surface area contributed by atoms with Crippen LogP contribution in [0.5, 0.6) is 11.6 Å². The normalized spacial score (nSPS) is 10.2. The minimum absolute atomic E-state index is 0.162. The molecule has 5 nitrogen and oxygen atoms in total. The molecule has 1 aromatic heterocycles. The summed E-state index contributed by atoms with van der Waals surface area (Å²) in [7, 11) is 1.57. The molecule has 0 saturated heterocycles. The summed E-state index contributed by atoms with van der Waals surface area (Å²) in [5.41, 5.74) is 0.520. The molecule has 3 N–H and O–H groups in total. The average Bonchev–Trinajstić information content (AvgIpc) is 2.59. The summed E-state index contributed by atoms with van der Waals surface area (Å²) in [4.78, 5) is 11.3. The van der Waals surface area contributed by atoms with Crippen molar-refractivity contribution in [3.8, 4) is 22.8 Å². The van der Waals surface area contributed by atoms with Crippen LogP contribution in [0.4, 0.5) is 0 Å². The summed E-state index contributed by atoms with van der Waals surface area (Å²) in [6.07, 6.45) is 0. The van der Waals surface area contributed by atoms with E-state index in [-0.39, 0.29) is 17.0 Å². The molecule has 0 saturated carbocycles. The van der Waals surface area contributed by atoms with Gasteiger partial charge in [-0.3, -0.25) is 15.0 Å². The van der Waals surface area contributed by atoms with Crippen LogP contribution >= 0.6 is 0 Å². The molecule has 0 unspecified atom stereocenters. The van der Waals surface area contributed by atoms with Crippen molar-refractivity contribution in [1.82, 2.24) is 10.2 Å². The standard InChI is InChI=1S/C10H10N2O3/c1-15-7-4-2-6(3-5-7)8-9(13)11-12-10(8)14/h2-5H,1H3,(H3,11,12,13,14). The van der Waals surface area contributed by atoms with Gasteiger partial charge >= 0.3 is 0 Å². The zero-order valence-electron chi connectivity index (χ0n) is 8.07. The lowest BCUT2D eigenvalue weighted by atomic mass is 10.1. The number of nitrogens with one attached hydrogen (secondary N) is 2. The Morgan fingerprint density at radius 2 is 1.87 bits per heavy atom. The summed E-state index contributed by atoms with van der Waals surface area (Å²) >= 11 is 0. The van der Waals surface area contributed by atoms with Crippen molar-refractivity contribution >= 4 is 0 Å². The van der Waals surface area contributed by atoms with Gasteiger partial charge in [0.05, 0.1) is 7.11 Å². The number of rotatable bonds is 2. The minimum atomic E-state index is -0.349. The summed E-state index contributed by atoms with van der Waals surface area (Å²) in [6, 6.07) is 6.86. The van der Waals surface area contributed by atoms with E-state index in [1.165, 1.54) is 0 Å². The average molecular weight is 206 g/mol. The van der Waals surface area contributed by atoms with Crippen LogP contribution in [0.2, 0.25) is 0 Å². The molecule has 1 heterocycles. The first kappa shape index (κ1) is 9.39. The highest BCUT2D eigenvalue weighted by Gasteiger charge is 2.10. The van der Waals surface area contributed by atoms with Crippen molar-refractivity contribution in [1.29, 1.82) is 0 Å². The molecular formula is C10H10N2O3. The lowest BCUT2D eigenvalue weighted by Crippen LogP contribution is -2.01. The van der Waals surface area contributed by atoms with Crippen LogP contribution in [0.15, 0.2) is 29.1 Å². The van der Waals surface area contributed by atoms with Gasteiger partial charge < -0.3 is 9.84 Å². The van der Waals surface area contributed by atoms with Crippen molar-refractivity contribution in [3.63, 3.8) is 0 Å². The summed E-state index contributed by atoms with van der Waals surface area (Å²) in [6.45, 7) is 0. The third kappa shape index (κ3) is 1.59. The Labute approximate surface area is 85.3 Å². The fourth-order valence-corrected chi connectivity index (χ4v) is 1.37. The second-order valence-electron chi connectivity index (χ2n) is 3.03. The van der Waals surface area contributed by atoms with E-state index in [1.807, 2.05) is 0 Å². The maximum absolute atomic E-state index is 11.3. The zero-order chi connectivity index (χ0) is 10.8. The van der Waals surface area contributed by atoms with Gasteiger partial charge in [-0.15, -0.1) is 0 Å². The molecule has 0 amide bonds. The molecule has 0 aliphatic carbocycles. The highest BCUT2D eigenvalue weighted by atomic mass is 16.5. The van der Waals surface area contributed by atoms with Gasteiger partial charge in [0, 0.05) is 0 Å². The van der Waals surface area contributed by atoms with Crippen molar-refractivity contribution in [2.75, 3.05) is 7.11 Å². The predicted octanol–water partition coefficient (Wildman–Crippen LogP) is 1.08. The second-order valence-corrected chi connectivity index (χ2v) is 3.03. The molecule has 0 atom stereocenters. The van der Waals surface area contributed by atoms with E-state index >= 15 is 0 Å². The van der Waals surface area contributed by atoms with E-state index in [0.29, 0.717) is 11.3 Å². The molecular weight excluding hydrogens is 196 g/mol. The van der Waals surface area contributed by atoms with E-state index < -0.39 is 0 Å². The van der Waals surface area contributed by atoms with Gasteiger partial charge in [0.25, 0.3) is 5.56 Å². The molecule has 5 heteroatoms. The molecule has 2 rings (SSSR count). The topological polar surface area (TPSA) is 78.1 Å². The smallest absolute Gasteiger partial charge is 0.275 e. The van der Waals surface area contributed by atoms with Gasteiger partial charge in [0.1, 0.15) is 11.3 Å². The maximum Gasteiger partial charge on any atom is 0.275 e. The number of benzene rings is 1. The first-order chi connectivity index (χ1) is 7.22. The third-order valence-electron chi connectivity index (χ3n) is 2.14. The number of hydrogen-bond donors (Lipinski definition) is 3. The molecule has 1 aromatic carbocycles. The first-order valence-corrected chi connectivity index (χ1v) is 4.36. The predicted molar refractivity (Wildman–Crippen MR) is 55.1 cm³/mol. The van der Waals surface area contributed by atoms with Crippen LogP contribution in [0.3, 0.4) is 0 Å². The molecule has 0 fully saturated rings. The Morgan fingerprint density at radius 3 is 2.33 bits per heavy atom. The van der Waals surface area contributed by atoms with Crippen LogP contribution < -0.4 is 10.3 Å². The van der Waals surface area contributed by atoms with Crippen LogP contribution in [0, 0.1) is 0 Å². The summed E-state index contributed by atoms with van der Waals surface area (Å²) in [5, 5.41) is 14.0. The summed E-state index contributed by atoms with van der Waals surface area (Å²) < 4.78 is 4.99. The van der Waals surface area contributed by atoms with E-state index in [1.54, 1.807) is 31.4 Å². The van der Waals surface area contributed by atoms with Crippen LogP contribution in [-0.2, 0) is 0 Å². The number of aromatic amines is 2. The molecule has 0 aliphatic rings. The molecule has 15 heavy (non-hydrogen) atoms. The highest BCUT2D eigenvalue weighted by Crippen LogP contribution is 2.24. The van der Waals surface area contributed by atoms with E-state index in [0.717, 1.165) is 0 Å². The molecule has 0 radical (unpaired) electrons. The van der Waals surface area contributed by atoms with Crippen molar-refractivity contribution in [2.45, 2.75) is 0 Å². The number of aromatic hydroxyl groups is 1. The molecule has 0 bridgehead atoms. The number of ether oxygens (including phenoxy) is 1. The fourth-order valence-electron chi connectivity index (χ4n) is 1.37. The second kappa shape index (κ2) is 3.53. The largest absolute Gasteiger partial charge is 0.497 e. The number of H-pyrrole nitrogens is 2. The summed E-state index contributed by atoms with van der Waals surface area (Å²) in [5.74, 6) is 0.537. The molecule has 78 valence electrons. The SMILES string of the molecule is COc1ccc(-c2c(O)[nH][nH]c2=O)cc1. The van der Waals surface area contributed by atoms with Gasteiger partial charge in [-0.25, -0.2) is 0 Å². The molecule has 0 spiro atoms. The number of methoxy groups -OCH3 is 1. The van der Waals surface area contributed by atoms with Gasteiger partial charge in [-0.05, 0) is 17.7 Å². The van der Waals surface area contributed by atoms with Crippen LogP contribution in [-0.4, -0.2) is 22.4 Å². The van der Waals surface area contributed by atoms with Gasteiger partial charge in [0.2, 0.25) is 5.88 Å².